The Morgan fingerprint density at radius 3 is 2.58 bits per heavy atom. The highest BCUT2D eigenvalue weighted by Gasteiger charge is 2.11. The third-order valence-electron chi connectivity index (χ3n) is 5.23. The first-order valence-corrected chi connectivity index (χ1v) is 10.5. The number of oxazole rings is 1. The molecule has 0 saturated carbocycles. The molecule has 31 heavy (non-hydrogen) atoms. The molecule has 1 N–H and O–H groups in total. The number of ether oxygens (including phenoxy) is 1. The Morgan fingerprint density at radius 1 is 1.03 bits per heavy atom. The van der Waals surface area contributed by atoms with Crippen LogP contribution in [0.4, 0.5) is 0 Å². The van der Waals surface area contributed by atoms with Crippen molar-refractivity contribution in [2.75, 3.05) is 6.61 Å². The van der Waals surface area contributed by atoms with Crippen LogP contribution in [-0.2, 0) is 6.54 Å². The lowest BCUT2D eigenvalue weighted by Crippen LogP contribution is -2.22. The molecule has 0 unspecified atom stereocenters. The second kappa shape index (κ2) is 9.04. The third-order valence-corrected chi connectivity index (χ3v) is 5.23. The number of aromatic nitrogens is 1. The van der Waals surface area contributed by atoms with Gasteiger partial charge in [0.15, 0.2) is 5.58 Å². The number of carbonyl (C=O) groups is 1. The molecular formula is C26H26N2O3. The van der Waals surface area contributed by atoms with E-state index >= 15 is 0 Å². The van der Waals surface area contributed by atoms with E-state index in [1.54, 1.807) is 12.1 Å². The van der Waals surface area contributed by atoms with Crippen molar-refractivity contribution in [2.45, 2.75) is 33.7 Å². The van der Waals surface area contributed by atoms with Crippen LogP contribution in [0.15, 0.2) is 65.1 Å². The van der Waals surface area contributed by atoms with Gasteiger partial charge in [0.2, 0.25) is 5.89 Å². The number of fused-ring (bicyclic) bond motifs is 1. The van der Waals surface area contributed by atoms with Crippen LogP contribution in [0, 0.1) is 13.8 Å². The van der Waals surface area contributed by atoms with Gasteiger partial charge in [-0.2, -0.15) is 0 Å². The highest BCUT2D eigenvalue weighted by atomic mass is 16.5. The lowest BCUT2D eigenvalue weighted by atomic mass is 10.1. The fourth-order valence-electron chi connectivity index (χ4n) is 3.30. The standard InChI is InChI=1S/C26H26N2O3/c1-4-12-30-22-7-5-6-21(15-22)25(29)27-16-19-8-10-20(11-9-19)26-28-23-13-17(2)18(3)14-24(23)31-26/h5-11,13-15H,4,12,16H2,1-3H3,(H,27,29). The average molecular weight is 415 g/mol. The largest absolute Gasteiger partial charge is 0.494 e. The van der Waals surface area contributed by atoms with Gasteiger partial charge in [-0.05, 0) is 79.4 Å². The van der Waals surface area contributed by atoms with E-state index in [1.165, 1.54) is 11.1 Å². The van der Waals surface area contributed by atoms with Crippen LogP contribution in [-0.4, -0.2) is 17.5 Å². The van der Waals surface area contributed by atoms with Crippen molar-refractivity contribution in [1.29, 1.82) is 0 Å². The first kappa shape index (κ1) is 20.7. The zero-order valence-electron chi connectivity index (χ0n) is 18.1. The topological polar surface area (TPSA) is 64.4 Å². The number of nitrogens with zero attached hydrogens (tertiary/aromatic N) is 1. The maximum absolute atomic E-state index is 12.5. The predicted molar refractivity (Wildman–Crippen MR) is 122 cm³/mol. The molecule has 0 radical (unpaired) electrons. The molecule has 0 spiro atoms. The minimum Gasteiger partial charge on any atom is -0.494 e. The molecule has 3 aromatic carbocycles. The number of aryl methyl sites for hydroxylation is 2. The number of carbonyl (C=O) groups excluding carboxylic acids is 1. The van der Waals surface area contributed by atoms with E-state index in [9.17, 15) is 4.79 Å². The van der Waals surface area contributed by atoms with Gasteiger partial charge >= 0.3 is 0 Å². The Morgan fingerprint density at radius 2 is 1.81 bits per heavy atom. The molecule has 5 heteroatoms. The van der Waals surface area contributed by atoms with Crippen molar-refractivity contribution in [3.05, 3.63) is 82.9 Å². The van der Waals surface area contributed by atoms with Crippen LogP contribution in [0.2, 0.25) is 0 Å². The van der Waals surface area contributed by atoms with Gasteiger partial charge in [-0.3, -0.25) is 4.79 Å². The Kier molecular flexibility index (Phi) is 6.03. The maximum atomic E-state index is 12.5. The van der Waals surface area contributed by atoms with E-state index in [2.05, 4.69) is 24.1 Å². The molecule has 0 fully saturated rings. The smallest absolute Gasteiger partial charge is 0.251 e. The molecule has 4 rings (SSSR count). The highest BCUT2D eigenvalue weighted by Crippen LogP contribution is 2.26. The van der Waals surface area contributed by atoms with Gasteiger partial charge in [0, 0.05) is 17.7 Å². The molecule has 0 saturated heterocycles. The summed E-state index contributed by atoms with van der Waals surface area (Å²) in [5, 5.41) is 2.96. The number of nitrogens with one attached hydrogen (secondary N) is 1. The van der Waals surface area contributed by atoms with E-state index in [1.807, 2.05) is 55.5 Å². The zero-order chi connectivity index (χ0) is 21.8. The lowest BCUT2D eigenvalue weighted by molar-refractivity contribution is 0.0950. The summed E-state index contributed by atoms with van der Waals surface area (Å²) in [6, 6.07) is 19.2. The molecular weight excluding hydrogens is 388 g/mol. The lowest BCUT2D eigenvalue weighted by Gasteiger charge is -2.08. The molecule has 1 aromatic heterocycles. The number of hydrogen-bond acceptors (Lipinski definition) is 4. The number of hydrogen-bond donors (Lipinski definition) is 1. The van der Waals surface area contributed by atoms with Crippen molar-refractivity contribution in [2.24, 2.45) is 0 Å². The molecule has 4 aromatic rings. The normalized spacial score (nSPS) is 10.9. The molecule has 0 aliphatic heterocycles. The molecule has 158 valence electrons. The Labute approximate surface area is 182 Å². The Hall–Kier alpha value is -3.60. The van der Waals surface area contributed by atoms with E-state index in [0.29, 0.717) is 30.4 Å². The van der Waals surface area contributed by atoms with Crippen LogP contribution in [0.1, 0.15) is 40.4 Å². The first-order valence-electron chi connectivity index (χ1n) is 10.5. The zero-order valence-corrected chi connectivity index (χ0v) is 18.1. The van der Waals surface area contributed by atoms with Crippen LogP contribution in [0.25, 0.3) is 22.6 Å². The van der Waals surface area contributed by atoms with Crippen LogP contribution < -0.4 is 10.1 Å². The van der Waals surface area contributed by atoms with Gasteiger partial charge in [-0.15, -0.1) is 0 Å². The van der Waals surface area contributed by atoms with Gasteiger partial charge in [0.1, 0.15) is 11.3 Å². The fourth-order valence-corrected chi connectivity index (χ4v) is 3.30. The summed E-state index contributed by atoms with van der Waals surface area (Å²) in [5.74, 6) is 1.18. The van der Waals surface area contributed by atoms with Gasteiger partial charge < -0.3 is 14.5 Å². The summed E-state index contributed by atoms with van der Waals surface area (Å²) in [5.41, 5.74) is 6.52. The maximum Gasteiger partial charge on any atom is 0.251 e. The summed E-state index contributed by atoms with van der Waals surface area (Å²) >= 11 is 0. The van der Waals surface area contributed by atoms with Crippen molar-refractivity contribution in [1.82, 2.24) is 10.3 Å². The molecule has 1 heterocycles. The van der Waals surface area contributed by atoms with Crippen molar-refractivity contribution in [3.63, 3.8) is 0 Å². The summed E-state index contributed by atoms with van der Waals surface area (Å²) in [7, 11) is 0. The summed E-state index contributed by atoms with van der Waals surface area (Å²) in [4.78, 5) is 17.1. The number of amides is 1. The van der Waals surface area contributed by atoms with Crippen LogP contribution in [0.5, 0.6) is 5.75 Å². The second-order valence-corrected chi connectivity index (χ2v) is 7.68. The highest BCUT2D eigenvalue weighted by molar-refractivity contribution is 5.94. The molecule has 0 atom stereocenters. The predicted octanol–water partition coefficient (Wildman–Crippen LogP) is 5.83. The second-order valence-electron chi connectivity index (χ2n) is 7.68. The summed E-state index contributed by atoms with van der Waals surface area (Å²) in [6.07, 6.45) is 0.926. The molecule has 5 nitrogen and oxygen atoms in total. The van der Waals surface area contributed by atoms with Gasteiger partial charge in [0.25, 0.3) is 5.91 Å². The van der Waals surface area contributed by atoms with Crippen LogP contribution >= 0.6 is 0 Å². The van der Waals surface area contributed by atoms with Crippen molar-refractivity contribution >= 4 is 17.0 Å². The van der Waals surface area contributed by atoms with Crippen molar-refractivity contribution in [3.8, 4) is 17.2 Å². The summed E-state index contributed by atoms with van der Waals surface area (Å²) < 4.78 is 11.5. The van der Waals surface area contributed by atoms with Gasteiger partial charge in [-0.25, -0.2) is 4.98 Å². The molecule has 1 amide bonds. The number of benzene rings is 3. The van der Waals surface area contributed by atoms with Gasteiger partial charge in [0.05, 0.1) is 6.61 Å². The van der Waals surface area contributed by atoms with Crippen molar-refractivity contribution < 1.29 is 13.9 Å². The molecule has 0 bridgehead atoms. The van der Waals surface area contributed by atoms with E-state index in [-0.39, 0.29) is 5.91 Å². The van der Waals surface area contributed by atoms with Crippen LogP contribution in [0.3, 0.4) is 0 Å². The minimum absolute atomic E-state index is 0.129. The monoisotopic (exact) mass is 414 g/mol. The number of rotatable bonds is 7. The van der Waals surface area contributed by atoms with E-state index in [0.717, 1.165) is 28.6 Å². The third kappa shape index (κ3) is 4.77. The molecule has 0 aliphatic carbocycles. The minimum atomic E-state index is -0.129. The van der Waals surface area contributed by atoms with E-state index in [4.69, 9.17) is 9.15 Å². The summed E-state index contributed by atoms with van der Waals surface area (Å²) in [6.45, 7) is 7.25. The molecule has 0 aliphatic rings. The van der Waals surface area contributed by atoms with Gasteiger partial charge in [-0.1, -0.05) is 25.1 Å². The average Bonchev–Trinajstić information content (AvgIpc) is 3.19. The van der Waals surface area contributed by atoms with E-state index < -0.39 is 0 Å². The fraction of sp³-hybridized carbons (Fsp3) is 0.231. The quantitative estimate of drug-likeness (QED) is 0.413. The Balaban J connectivity index is 1.41. The first-order chi connectivity index (χ1) is 15.0. The Bertz CT molecular complexity index is 1170. The SMILES string of the molecule is CCCOc1cccc(C(=O)NCc2ccc(-c3nc4cc(C)c(C)cc4o3)cc2)c1.